The Hall–Kier alpha value is -1.35. The summed E-state index contributed by atoms with van der Waals surface area (Å²) < 4.78 is 15.5. The molecule has 1 unspecified atom stereocenters. The van der Waals surface area contributed by atoms with Crippen LogP contribution in [0.15, 0.2) is 11.5 Å². The van der Waals surface area contributed by atoms with Crippen molar-refractivity contribution in [2.75, 3.05) is 26.4 Å². The average Bonchev–Trinajstić information content (AvgIpc) is 2.80. The van der Waals surface area contributed by atoms with E-state index in [4.69, 9.17) is 24.4 Å². The molecule has 0 radical (unpaired) electrons. The Kier molecular flexibility index (Phi) is 7.44. The van der Waals surface area contributed by atoms with Crippen molar-refractivity contribution in [3.05, 3.63) is 11.5 Å². The van der Waals surface area contributed by atoms with E-state index < -0.39 is 37.5 Å². The molecule has 0 bridgehead atoms. The number of ether oxygens (including phenoxy) is 3. The summed E-state index contributed by atoms with van der Waals surface area (Å²) in [6.45, 7) is 0.797. The van der Waals surface area contributed by atoms with Crippen LogP contribution in [0.25, 0.3) is 0 Å². The predicted octanol–water partition coefficient (Wildman–Crippen LogP) is -1.34. The number of rotatable bonds is 10. The summed E-state index contributed by atoms with van der Waals surface area (Å²) in [4.78, 5) is 11.7. The molecule has 0 saturated carbocycles. The van der Waals surface area contributed by atoms with Gasteiger partial charge >= 0.3 is 5.97 Å². The lowest BCUT2D eigenvalue weighted by Crippen LogP contribution is -2.33. The number of unbranched alkanes of at least 4 members (excludes halogenated alkanes) is 1. The Bertz CT molecular complexity index is 367. The van der Waals surface area contributed by atoms with Crippen LogP contribution in [0.4, 0.5) is 0 Å². The van der Waals surface area contributed by atoms with E-state index in [0.29, 0.717) is 0 Å². The molecule has 0 amide bonds. The van der Waals surface area contributed by atoms with Crippen LogP contribution in [0.1, 0.15) is 19.8 Å². The second-order valence-electron chi connectivity index (χ2n) is 4.62. The van der Waals surface area contributed by atoms with Crippen molar-refractivity contribution in [2.24, 2.45) is 0 Å². The first-order valence-corrected chi connectivity index (χ1v) is 6.83. The summed E-state index contributed by atoms with van der Waals surface area (Å²) in [5, 5.41) is 36.7. The van der Waals surface area contributed by atoms with E-state index in [1.54, 1.807) is 0 Å². The molecular weight excluding hydrogens is 284 g/mol. The molecule has 0 spiro atoms. The minimum Gasteiger partial charge on any atom is -0.487 e. The normalized spacial score (nSPS) is 21.2. The highest BCUT2D eigenvalue weighted by molar-refractivity contribution is 5.89. The molecule has 1 rings (SSSR count). The molecule has 122 valence electrons. The summed E-state index contributed by atoms with van der Waals surface area (Å²) in [6.07, 6.45) is -2.11. The van der Waals surface area contributed by atoms with Crippen molar-refractivity contribution in [2.45, 2.75) is 38.1 Å². The number of carbonyl (C=O) groups excluding carboxylic acids is 1. The zero-order chi connectivity index (χ0) is 15.8. The van der Waals surface area contributed by atoms with Gasteiger partial charge in [0.05, 0.1) is 19.8 Å². The van der Waals surface area contributed by atoms with Crippen molar-refractivity contribution in [1.82, 2.24) is 0 Å². The molecule has 3 atom stereocenters. The molecule has 0 aliphatic carbocycles. The number of hydrogen-bond donors (Lipinski definition) is 4. The van der Waals surface area contributed by atoms with Gasteiger partial charge in [-0.15, -0.1) is 0 Å². The molecule has 4 N–H and O–H groups in total. The molecule has 1 aliphatic rings. The van der Waals surface area contributed by atoms with Crippen molar-refractivity contribution >= 4 is 5.97 Å². The van der Waals surface area contributed by atoms with Gasteiger partial charge in [-0.05, 0) is 6.42 Å². The van der Waals surface area contributed by atoms with Gasteiger partial charge in [-0.25, -0.2) is 4.79 Å². The SMILES string of the molecule is CCCCOC1=C(OCC(O)CO)[C@@H]([C@@H](O)CO)OC1=O. The van der Waals surface area contributed by atoms with E-state index in [1.807, 2.05) is 6.92 Å². The molecule has 0 aromatic rings. The van der Waals surface area contributed by atoms with Crippen LogP contribution < -0.4 is 0 Å². The van der Waals surface area contributed by atoms with Crippen LogP contribution in [-0.2, 0) is 19.0 Å². The molecule has 0 fully saturated rings. The third-order valence-corrected chi connectivity index (χ3v) is 2.82. The maximum Gasteiger partial charge on any atom is 0.378 e. The highest BCUT2D eigenvalue weighted by Crippen LogP contribution is 2.27. The summed E-state index contributed by atoms with van der Waals surface area (Å²) >= 11 is 0. The van der Waals surface area contributed by atoms with Crippen LogP contribution in [0, 0.1) is 0 Å². The van der Waals surface area contributed by atoms with Crippen LogP contribution in [0.5, 0.6) is 0 Å². The summed E-state index contributed by atoms with van der Waals surface area (Å²) in [7, 11) is 0. The Morgan fingerprint density at radius 2 is 1.95 bits per heavy atom. The molecule has 8 heteroatoms. The standard InChI is InChI=1S/C13H22O8/c1-2-3-4-19-12-11(20-7-8(16)5-14)10(9(17)6-15)21-13(12)18/h8-10,14-17H,2-7H2,1H3/t8?,9-,10+/m0/s1. The van der Waals surface area contributed by atoms with Gasteiger partial charge in [0.25, 0.3) is 0 Å². The monoisotopic (exact) mass is 306 g/mol. The topological polar surface area (TPSA) is 126 Å². The number of aliphatic hydroxyl groups excluding tert-OH is 4. The van der Waals surface area contributed by atoms with E-state index in [0.717, 1.165) is 12.8 Å². The lowest BCUT2D eigenvalue weighted by Gasteiger charge is -2.19. The van der Waals surface area contributed by atoms with Crippen molar-refractivity contribution in [3.8, 4) is 0 Å². The molecule has 0 aromatic carbocycles. The fourth-order valence-electron chi connectivity index (χ4n) is 1.64. The summed E-state index contributed by atoms with van der Waals surface area (Å²) in [5.41, 5.74) is 0. The van der Waals surface area contributed by atoms with Crippen molar-refractivity contribution in [3.63, 3.8) is 0 Å². The molecule has 8 nitrogen and oxygen atoms in total. The average molecular weight is 306 g/mol. The van der Waals surface area contributed by atoms with Crippen molar-refractivity contribution in [1.29, 1.82) is 0 Å². The van der Waals surface area contributed by atoms with E-state index >= 15 is 0 Å². The fraction of sp³-hybridized carbons (Fsp3) is 0.769. The Balaban J connectivity index is 2.84. The smallest absolute Gasteiger partial charge is 0.378 e. The highest BCUT2D eigenvalue weighted by atomic mass is 16.6. The zero-order valence-electron chi connectivity index (χ0n) is 11.9. The maximum absolute atomic E-state index is 11.7. The van der Waals surface area contributed by atoms with Gasteiger partial charge in [-0.1, -0.05) is 13.3 Å². The molecule has 0 aromatic heterocycles. The fourth-order valence-corrected chi connectivity index (χ4v) is 1.64. The Morgan fingerprint density at radius 1 is 1.24 bits per heavy atom. The number of aliphatic hydroxyl groups is 4. The summed E-state index contributed by atoms with van der Waals surface area (Å²) in [5.74, 6) is -1.05. The van der Waals surface area contributed by atoms with Gasteiger partial charge in [0.15, 0.2) is 11.9 Å². The number of carbonyl (C=O) groups is 1. The van der Waals surface area contributed by atoms with E-state index in [2.05, 4.69) is 0 Å². The summed E-state index contributed by atoms with van der Waals surface area (Å²) in [6, 6.07) is 0. The first-order chi connectivity index (χ1) is 10.0. The highest BCUT2D eigenvalue weighted by Gasteiger charge is 2.42. The predicted molar refractivity (Wildman–Crippen MR) is 69.9 cm³/mol. The first-order valence-electron chi connectivity index (χ1n) is 6.83. The number of cyclic esters (lactones) is 1. The van der Waals surface area contributed by atoms with Gasteiger partial charge in [-0.2, -0.15) is 0 Å². The molecule has 0 saturated heterocycles. The largest absolute Gasteiger partial charge is 0.487 e. The number of hydrogen-bond acceptors (Lipinski definition) is 8. The van der Waals surface area contributed by atoms with Gasteiger partial charge in [0.2, 0.25) is 5.76 Å². The van der Waals surface area contributed by atoms with E-state index in [-0.39, 0.29) is 24.7 Å². The van der Waals surface area contributed by atoms with Gasteiger partial charge < -0.3 is 34.6 Å². The lowest BCUT2D eigenvalue weighted by atomic mass is 10.2. The number of esters is 1. The van der Waals surface area contributed by atoms with Crippen LogP contribution >= 0.6 is 0 Å². The minimum atomic E-state index is -1.36. The molecule has 1 aliphatic heterocycles. The Labute approximate surface area is 122 Å². The lowest BCUT2D eigenvalue weighted by molar-refractivity contribution is -0.148. The third kappa shape index (κ3) is 4.85. The second-order valence-corrected chi connectivity index (χ2v) is 4.62. The third-order valence-electron chi connectivity index (χ3n) is 2.82. The van der Waals surface area contributed by atoms with Gasteiger partial charge in [0.1, 0.15) is 18.8 Å². The molecule has 21 heavy (non-hydrogen) atoms. The van der Waals surface area contributed by atoms with Gasteiger partial charge in [-0.3, -0.25) is 0 Å². The van der Waals surface area contributed by atoms with E-state index in [9.17, 15) is 15.0 Å². The molecular formula is C13H22O8. The van der Waals surface area contributed by atoms with Crippen LogP contribution in [0.2, 0.25) is 0 Å². The Morgan fingerprint density at radius 3 is 2.52 bits per heavy atom. The van der Waals surface area contributed by atoms with Crippen LogP contribution in [-0.4, -0.2) is 71.1 Å². The zero-order valence-corrected chi connectivity index (χ0v) is 11.9. The van der Waals surface area contributed by atoms with Crippen molar-refractivity contribution < 1.29 is 39.4 Å². The first kappa shape index (κ1) is 17.7. The van der Waals surface area contributed by atoms with Gasteiger partial charge in [0, 0.05) is 0 Å². The van der Waals surface area contributed by atoms with Crippen LogP contribution in [0.3, 0.4) is 0 Å². The second kappa shape index (κ2) is 8.83. The van der Waals surface area contributed by atoms with E-state index in [1.165, 1.54) is 0 Å². The minimum absolute atomic E-state index is 0.0786. The molecule has 1 heterocycles. The maximum atomic E-state index is 11.7. The quantitative estimate of drug-likeness (QED) is 0.289.